The first-order valence-corrected chi connectivity index (χ1v) is 7.67. The van der Waals surface area contributed by atoms with E-state index in [4.69, 9.17) is 15.2 Å². The number of carbonyl (C=O) groups is 2. The average Bonchev–Trinajstić information content (AvgIpc) is 2.48. The molecule has 0 saturated heterocycles. The minimum Gasteiger partial charge on any atom is -0.495 e. The molecule has 0 heterocycles. The number of nitrogens with one attached hydrogen (secondary N) is 2. The molecule has 138 valence electrons. The zero-order valence-corrected chi connectivity index (χ0v) is 14.8. The minimum atomic E-state index is -0.865. The zero-order chi connectivity index (χ0) is 19.0. The van der Waals surface area contributed by atoms with Crippen molar-refractivity contribution in [1.82, 2.24) is 5.32 Å². The van der Waals surface area contributed by atoms with E-state index >= 15 is 0 Å². The molecule has 0 spiro atoms. The molecule has 0 aliphatic carbocycles. The molecule has 0 bridgehead atoms. The molecule has 2 amide bonds. The van der Waals surface area contributed by atoms with Crippen LogP contribution in [0.15, 0.2) is 24.3 Å². The van der Waals surface area contributed by atoms with Crippen LogP contribution in [0.3, 0.4) is 0 Å². The SMILES string of the molecule is COc1cc(C(N)=O)c(F)cc1NCC=CCNC(=O)OC(C)(C)C. The van der Waals surface area contributed by atoms with E-state index in [2.05, 4.69) is 10.6 Å². The van der Waals surface area contributed by atoms with Gasteiger partial charge in [-0.05, 0) is 26.8 Å². The van der Waals surface area contributed by atoms with Crippen molar-refractivity contribution in [2.24, 2.45) is 5.73 Å². The Bertz CT molecular complexity index is 654. The van der Waals surface area contributed by atoms with E-state index in [1.165, 1.54) is 13.2 Å². The number of nitrogens with two attached hydrogens (primary N) is 1. The van der Waals surface area contributed by atoms with E-state index in [9.17, 15) is 14.0 Å². The summed E-state index contributed by atoms with van der Waals surface area (Å²) in [5.74, 6) is -1.29. The van der Waals surface area contributed by atoms with Crippen molar-refractivity contribution >= 4 is 17.7 Å². The van der Waals surface area contributed by atoms with E-state index in [1.807, 2.05) is 0 Å². The van der Waals surface area contributed by atoms with Gasteiger partial charge in [0.2, 0.25) is 0 Å². The van der Waals surface area contributed by atoms with Gasteiger partial charge in [-0.1, -0.05) is 12.2 Å². The molecule has 0 unspecified atom stereocenters. The van der Waals surface area contributed by atoms with E-state index < -0.39 is 23.4 Å². The summed E-state index contributed by atoms with van der Waals surface area (Å²) in [7, 11) is 1.41. The summed E-state index contributed by atoms with van der Waals surface area (Å²) in [5.41, 5.74) is 4.69. The molecule has 0 radical (unpaired) electrons. The van der Waals surface area contributed by atoms with Gasteiger partial charge >= 0.3 is 6.09 Å². The number of hydrogen-bond donors (Lipinski definition) is 3. The lowest BCUT2D eigenvalue weighted by atomic mass is 10.1. The number of carbonyl (C=O) groups excluding carboxylic acids is 2. The van der Waals surface area contributed by atoms with Gasteiger partial charge in [0.15, 0.2) is 0 Å². The molecule has 8 heteroatoms. The van der Waals surface area contributed by atoms with Crippen molar-refractivity contribution in [3.05, 3.63) is 35.7 Å². The number of hydrogen-bond acceptors (Lipinski definition) is 5. The molecule has 0 aliphatic heterocycles. The van der Waals surface area contributed by atoms with E-state index in [0.29, 0.717) is 24.5 Å². The van der Waals surface area contributed by atoms with Gasteiger partial charge in [-0.25, -0.2) is 9.18 Å². The fourth-order valence-electron chi connectivity index (χ4n) is 1.84. The maximum absolute atomic E-state index is 13.8. The van der Waals surface area contributed by atoms with Gasteiger partial charge in [0.25, 0.3) is 5.91 Å². The topological polar surface area (TPSA) is 103 Å². The van der Waals surface area contributed by atoms with Crippen molar-refractivity contribution in [1.29, 1.82) is 0 Å². The van der Waals surface area contributed by atoms with Crippen LogP contribution in [0, 0.1) is 5.82 Å². The Morgan fingerprint density at radius 1 is 1.24 bits per heavy atom. The van der Waals surface area contributed by atoms with E-state index in [1.54, 1.807) is 32.9 Å². The number of rotatable bonds is 7. The Hall–Kier alpha value is -2.77. The molecule has 0 aromatic heterocycles. The Labute approximate surface area is 146 Å². The predicted octanol–water partition coefficient (Wildman–Crippen LogP) is 2.43. The fraction of sp³-hybridized carbons (Fsp3) is 0.412. The van der Waals surface area contributed by atoms with Crippen molar-refractivity contribution in [2.45, 2.75) is 26.4 Å². The smallest absolute Gasteiger partial charge is 0.407 e. The standard InChI is InChI=1S/C17H24FN3O4/c1-17(2,3)25-16(23)21-8-6-5-7-20-13-10-12(18)11(15(19)22)9-14(13)24-4/h5-6,9-10,20H,7-8H2,1-4H3,(H2,19,22)(H,21,23). The number of ether oxygens (including phenoxy) is 2. The number of halogens is 1. The van der Waals surface area contributed by atoms with Crippen molar-refractivity contribution in [3.8, 4) is 5.75 Å². The Balaban J connectivity index is 2.52. The molecule has 0 aliphatic rings. The molecule has 1 aromatic rings. The van der Waals surface area contributed by atoms with Crippen LogP contribution in [-0.2, 0) is 4.74 Å². The number of alkyl carbamates (subject to hydrolysis) is 1. The first kappa shape index (κ1) is 20.3. The lowest BCUT2D eigenvalue weighted by molar-refractivity contribution is 0.0534. The van der Waals surface area contributed by atoms with Crippen molar-refractivity contribution in [2.75, 3.05) is 25.5 Å². The second-order valence-corrected chi connectivity index (χ2v) is 6.13. The third kappa shape index (κ3) is 7.11. The molecular formula is C17H24FN3O4. The van der Waals surface area contributed by atoms with Crippen LogP contribution in [0.1, 0.15) is 31.1 Å². The van der Waals surface area contributed by atoms with Gasteiger partial charge in [0.05, 0.1) is 18.4 Å². The largest absolute Gasteiger partial charge is 0.495 e. The van der Waals surface area contributed by atoms with Crippen LogP contribution in [-0.4, -0.2) is 37.8 Å². The maximum atomic E-state index is 13.8. The molecule has 7 nitrogen and oxygen atoms in total. The first-order chi connectivity index (χ1) is 11.6. The summed E-state index contributed by atoms with van der Waals surface area (Å²) in [5, 5.41) is 5.53. The molecule has 0 saturated carbocycles. The molecule has 1 rings (SSSR count). The van der Waals surface area contributed by atoms with Gasteiger partial charge in [-0.3, -0.25) is 4.79 Å². The summed E-state index contributed by atoms with van der Waals surface area (Å²) in [6.07, 6.45) is 2.96. The second kappa shape index (κ2) is 8.91. The van der Waals surface area contributed by atoms with Crippen LogP contribution < -0.4 is 21.1 Å². The van der Waals surface area contributed by atoms with Gasteiger partial charge < -0.3 is 25.8 Å². The van der Waals surface area contributed by atoms with Crippen molar-refractivity contribution < 1.29 is 23.5 Å². The van der Waals surface area contributed by atoms with Crippen LogP contribution in [0.4, 0.5) is 14.9 Å². The number of anilines is 1. The Kier molecular flexibility index (Phi) is 7.22. The summed E-state index contributed by atoms with van der Waals surface area (Å²) in [6, 6.07) is 2.39. The van der Waals surface area contributed by atoms with Crippen LogP contribution in [0.25, 0.3) is 0 Å². The maximum Gasteiger partial charge on any atom is 0.407 e. The highest BCUT2D eigenvalue weighted by atomic mass is 19.1. The second-order valence-electron chi connectivity index (χ2n) is 6.13. The highest BCUT2D eigenvalue weighted by molar-refractivity contribution is 5.94. The third-order valence-corrected chi connectivity index (χ3v) is 2.89. The Morgan fingerprint density at radius 3 is 2.44 bits per heavy atom. The summed E-state index contributed by atoms with van der Waals surface area (Å²) in [6.45, 7) is 6.00. The number of benzene rings is 1. The summed E-state index contributed by atoms with van der Waals surface area (Å²) >= 11 is 0. The molecule has 4 N–H and O–H groups in total. The highest BCUT2D eigenvalue weighted by Gasteiger charge is 2.15. The van der Waals surface area contributed by atoms with E-state index in [-0.39, 0.29) is 5.56 Å². The number of primary amides is 1. The average molecular weight is 353 g/mol. The molecule has 0 atom stereocenters. The summed E-state index contributed by atoms with van der Waals surface area (Å²) in [4.78, 5) is 22.6. The quantitative estimate of drug-likeness (QED) is 0.653. The van der Waals surface area contributed by atoms with Crippen molar-refractivity contribution in [3.63, 3.8) is 0 Å². The van der Waals surface area contributed by atoms with Gasteiger partial charge in [-0.2, -0.15) is 0 Å². The van der Waals surface area contributed by atoms with Gasteiger partial charge in [0.1, 0.15) is 17.2 Å². The molecule has 1 aromatic carbocycles. The van der Waals surface area contributed by atoms with Crippen LogP contribution in [0.5, 0.6) is 5.75 Å². The first-order valence-electron chi connectivity index (χ1n) is 7.67. The third-order valence-electron chi connectivity index (χ3n) is 2.89. The molecular weight excluding hydrogens is 329 g/mol. The Morgan fingerprint density at radius 2 is 1.88 bits per heavy atom. The monoisotopic (exact) mass is 353 g/mol. The summed E-state index contributed by atoms with van der Waals surface area (Å²) < 4.78 is 24.0. The molecule has 25 heavy (non-hydrogen) atoms. The lowest BCUT2D eigenvalue weighted by Crippen LogP contribution is -2.32. The lowest BCUT2D eigenvalue weighted by Gasteiger charge is -2.19. The number of amides is 2. The number of methoxy groups -OCH3 is 1. The predicted molar refractivity (Wildman–Crippen MR) is 93.3 cm³/mol. The van der Waals surface area contributed by atoms with Crippen LogP contribution in [0.2, 0.25) is 0 Å². The highest BCUT2D eigenvalue weighted by Crippen LogP contribution is 2.27. The fourth-order valence-corrected chi connectivity index (χ4v) is 1.84. The van der Waals surface area contributed by atoms with E-state index in [0.717, 1.165) is 6.07 Å². The van der Waals surface area contributed by atoms with Gasteiger partial charge in [0, 0.05) is 19.2 Å². The zero-order valence-electron chi connectivity index (χ0n) is 14.8. The minimum absolute atomic E-state index is 0.237. The van der Waals surface area contributed by atoms with Crippen LogP contribution >= 0.6 is 0 Å². The normalized spacial score (nSPS) is 11.2. The molecule has 0 fully saturated rings. The van der Waals surface area contributed by atoms with Gasteiger partial charge in [-0.15, -0.1) is 0 Å².